The van der Waals surface area contributed by atoms with E-state index in [1.54, 1.807) is 50.1 Å². The molecule has 2 aromatic carbocycles. The quantitative estimate of drug-likeness (QED) is 0.392. The van der Waals surface area contributed by atoms with Gasteiger partial charge >= 0.3 is 0 Å². The van der Waals surface area contributed by atoms with Gasteiger partial charge in [-0.1, -0.05) is 12.1 Å². The van der Waals surface area contributed by atoms with E-state index in [1.807, 2.05) is 26.2 Å². The Bertz CT molecular complexity index is 1160. The summed E-state index contributed by atoms with van der Waals surface area (Å²) in [6, 6.07) is 10.7. The number of carbonyl (C=O) groups excluding carboxylic acids is 2. The maximum absolute atomic E-state index is 13.1. The predicted molar refractivity (Wildman–Crippen MR) is 143 cm³/mol. The largest absolute Gasteiger partial charge is 0.497 e. The van der Waals surface area contributed by atoms with Gasteiger partial charge in [0, 0.05) is 32.9 Å². The number of sulfonamides is 1. The summed E-state index contributed by atoms with van der Waals surface area (Å²) in [5.41, 5.74) is 2.79. The Morgan fingerprint density at radius 1 is 0.973 bits per heavy atom. The van der Waals surface area contributed by atoms with Crippen LogP contribution in [0.4, 0.5) is 5.69 Å². The van der Waals surface area contributed by atoms with Crippen LogP contribution in [0.2, 0.25) is 0 Å². The van der Waals surface area contributed by atoms with E-state index >= 15 is 0 Å². The minimum absolute atomic E-state index is 0.0743. The fourth-order valence-corrected chi connectivity index (χ4v) is 5.28. The van der Waals surface area contributed by atoms with Crippen LogP contribution in [-0.4, -0.2) is 95.9 Å². The van der Waals surface area contributed by atoms with Crippen molar-refractivity contribution in [3.05, 3.63) is 53.1 Å². The van der Waals surface area contributed by atoms with Gasteiger partial charge in [-0.2, -0.15) is 4.31 Å². The molecule has 11 heteroatoms. The van der Waals surface area contributed by atoms with Gasteiger partial charge in [0.15, 0.2) is 0 Å². The van der Waals surface area contributed by atoms with Gasteiger partial charge in [-0.05, 0) is 68.9 Å². The highest BCUT2D eigenvalue weighted by molar-refractivity contribution is 7.89. The van der Waals surface area contributed by atoms with Crippen LogP contribution in [0.1, 0.15) is 16.7 Å². The molecule has 0 aromatic heterocycles. The number of methoxy groups -OCH3 is 1. The Hall–Kier alpha value is -2.99. The lowest BCUT2D eigenvalue weighted by molar-refractivity contribution is -0.135. The highest BCUT2D eigenvalue weighted by Crippen LogP contribution is 2.27. The number of anilines is 1. The first-order valence-electron chi connectivity index (χ1n) is 11.8. The highest BCUT2D eigenvalue weighted by atomic mass is 32.2. The molecule has 0 fully saturated rings. The van der Waals surface area contributed by atoms with Crippen LogP contribution in [0.5, 0.6) is 5.75 Å². The van der Waals surface area contributed by atoms with E-state index in [0.717, 1.165) is 5.56 Å². The van der Waals surface area contributed by atoms with Crippen LogP contribution in [0.25, 0.3) is 0 Å². The van der Waals surface area contributed by atoms with Crippen molar-refractivity contribution in [3.8, 4) is 5.75 Å². The molecule has 0 heterocycles. The Kier molecular flexibility index (Phi) is 11.1. The monoisotopic (exact) mass is 534 g/mol. The number of hydrogen-bond acceptors (Lipinski definition) is 7. The van der Waals surface area contributed by atoms with Gasteiger partial charge in [0.05, 0.1) is 25.2 Å². The number of aryl methyl sites for hydroxylation is 2. The van der Waals surface area contributed by atoms with Gasteiger partial charge in [-0.15, -0.1) is 0 Å². The molecule has 0 radical (unpaired) electrons. The first-order valence-corrected chi connectivity index (χ1v) is 13.3. The van der Waals surface area contributed by atoms with Crippen molar-refractivity contribution in [3.63, 3.8) is 0 Å². The molecule has 2 aromatic rings. The van der Waals surface area contributed by atoms with Gasteiger partial charge in [-0.3, -0.25) is 9.59 Å². The van der Waals surface area contributed by atoms with Gasteiger partial charge in [0.2, 0.25) is 21.8 Å². The van der Waals surface area contributed by atoms with E-state index < -0.39 is 10.0 Å². The molecule has 2 rings (SSSR count). The van der Waals surface area contributed by atoms with Crippen LogP contribution in [-0.2, 0) is 30.9 Å². The topological polar surface area (TPSA) is 108 Å². The average Bonchev–Trinajstić information content (AvgIpc) is 2.81. The second-order valence-electron chi connectivity index (χ2n) is 9.20. The molecule has 0 atom stereocenters. The third kappa shape index (κ3) is 8.81. The summed E-state index contributed by atoms with van der Waals surface area (Å²) in [5.74, 6) is 0.274. The number of hydrogen-bond donors (Lipinski definition) is 1. The smallest absolute Gasteiger partial charge is 0.248 e. The summed E-state index contributed by atoms with van der Waals surface area (Å²) in [6.45, 7) is 4.14. The number of amides is 2. The lowest BCUT2D eigenvalue weighted by Gasteiger charge is -2.21. The van der Waals surface area contributed by atoms with Crippen LogP contribution in [0, 0.1) is 13.8 Å². The maximum atomic E-state index is 13.1. The standard InChI is InChI=1S/C26H38N4O6S/c1-19-14-23(35-7)15-20(2)26(19)37(33,34)30(6)12-13-36-18-25(32)29(5)16-21-8-10-22(11-9-21)27-24(31)17-28(3)4/h8-11,14-15H,12-13,16-18H2,1-7H3,(H,27,31). The van der Waals surface area contributed by atoms with Gasteiger partial charge in [-0.25, -0.2) is 8.42 Å². The zero-order valence-electron chi connectivity index (χ0n) is 22.7. The normalized spacial score (nSPS) is 11.6. The van der Waals surface area contributed by atoms with E-state index in [1.165, 1.54) is 23.4 Å². The molecule has 1 N–H and O–H groups in total. The number of carbonyl (C=O) groups is 2. The van der Waals surface area contributed by atoms with Crippen LogP contribution in [0.3, 0.4) is 0 Å². The summed E-state index contributed by atoms with van der Waals surface area (Å²) < 4.78 is 38.1. The van der Waals surface area contributed by atoms with E-state index in [9.17, 15) is 18.0 Å². The van der Waals surface area contributed by atoms with Crippen LogP contribution < -0.4 is 10.1 Å². The van der Waals surface area contributed by atoms with E-state index in [0.29, 0.717) is 35.7 Å². The zero-order chi connectivity index (χ0) is 27.8. The molecule has 0 saturated carbocycles. The van der Waals surface area contributed by atoms with Crippen molar-refractivity contribution in [2.75, 3.05) is 66.9 Å². The summed E-state index contributed by atoms with van der Waals surface area (Å²) >= 11 is 0. The number of ether oxygens (including phenoxy) is 2. The van der Waals surface area contributed by atoms with Crippen molar-refractivity contribution >= 4 is 27.5 Å². The Balaban J connectivity index is 1.82. The van der Waals surface area contributed by atoms with E-state index in [2.05, 4.69) is 5.32 Å². The molecule has 2 amide bonds. The number of likely N-dealkylation sites (N-methyl/N-ethyl adjacent to an activating group) is 3. The summed E-state index contributed by atoms with van der Waals surface area (Å²) in [7, 11) is 4.62. The van der Waals surface area contributed by atoms with E-state index in [4.69, 9.17) is 9.47 Å². The zero-order valence-corrected chi connectivity index (χ0v) is 23.5. The van der Waals surface area contributed by atoms with E-state index in [-0.39, 0.29) is 36.5 Å². The lowest BCUT2D eigenvalue weighted by atomic mass is 10.1. The second kappa shape index (κ2) is 13.5. The number of nitrogens with zero attached hydrogens (tertiary/aromatic N) is 3. The molecule has 0 saturated heterocycles. The molecule has 0 unspecified atom stereocenters. The molecule has 37 heavy (non-hydrogen) atoms. The molecular weight excluding hydrogens is 496 g/mol. The highest BCUT2D eigenvalue weighted by Gasteiger charge is 2.25. The molecule has 204 valence electrons. The maximum Gasteiger partial charge on any atom is 0.248 e. The Morgan fingerprint density at radius 3 is 2.11 bits per heavy atom. The first-order chi connectivity index (χ1) is 17.3. The molecule has 0 aliphatic heterocycles. The minimum atomic E-state index is -3.73. The summed E-state index contributed by atoms with van der Waals surface area (Å²) in [4.78, 5) is 27.9. The van der Waals surface area contributed by atoms with Crippen LogP contribution >= 0.6 is 0 Å². The molecule has 0 spiro atoms. The third-order valence-electron chi connectivity index (χ3n) is 5.66. The summed E-state index contributed by atoms with van der Waals surface area (Å²) in [5, 5.41) is 2.82. The fourth-order valence-electron chi connectivity index (χ4n) is 3.72. The average molecular weight is 535 g/mol. The van der Waals surface area contributed by atoms with Crippen molar-refractivity contribution < 1.29 is 27.5 Å². The number of benzene rings is 2. The minimum Gasteiger partial charge on any atom is -0.497 e. The second-order valence-corrected chi connectivity index (χ2v) is 11.2. The van der Waals surface area contributed by atoms with Crippen molar-refractivity contribution in [2.45, 2.75) is 25.3 Å². The third-order valence-corrected chi connectivity index (χ3v) is 7.82. The van der Waals surface area contributed by atoms with Crippen LogP contribution in [0.15, 0.2) is 41.3 Å². The van der Waals surface area contributed by atoms with Gasteiger partial charge in [0.25, 0.3) is 0 Å². The fraction of sp³-hybridized carbons (Fsp3) is 0.462. The van der Waals surface area contributed by atoms with Gasteiger partial charge in [0.1, 0.15) is 12.4 Å². The Labute approximate surface area is 220 Å². The lowest BCUT2D eigenvalue weighted by Crippen LogP contribution is -2.33. The van der Waals surface area contributed by atoms with Gasteiger partial charge < -0.3 is 24.6 Å². The number of rotatable bonds is 13. The SMILES string of the molecule is COc1cc(C)c(S(=O)(=O)N(C)CCOCC(=O)N(C)Cc2ccc(NC(=O)CN(C)C)cc2)c(C)c1. The molecule has 0 aliphatic carbocycles. The molecule has 10 nitrogen and oxygen atoms in total. The molecule has 0 bridgehead atoms. The molecule has 0 aliphatic rings. The van der Waals surface area contributed by atoms with Crippen molar-refractivity contribution in [2.24, 2.45) is 0 Å². The number of nitrogens with one attached hydrogen (secondary N) is 1. The predicted octanol–water partition coefficient (Wildman–Crippen LogP) is 2.11. The molecular formula is C26H38N4O6S. The Morgan fingerprint density at radius 2 is 1.57 bits per heavy atom. The van der Waals surface area contributed by atoms with Crippen molar-refractivity contribution in [1.82, 2.24) is 14.1 Å². The summed E-state index contributed by atoms with van der Waals surface area (Å²) in [6.07, 6.45) is 0. The first kappa shape index (κ1) is 30.2. The van der Waals surface area contributed by atoms with Crippen molar-refractivity contribution in [1.29, 1.82) is 0 Å².